The average Bonchev–Trinajstić information content (AvgIpc) is 2.41. The van der Waals surface area contributed by atoms with Gasteiger partial charge in [-0.2, -0.15) is 0 Å². The van der Waals surface area contributed by atoms with E-state index in [0.29, 0.717) is 23.0 Å². The van der Waals surface area contributed by atoms with Gasteiger partial charge in [0.2, 0.25) is 0 Å². The molecule has 0 saturated heterocycles. The average molecular weight is 289 g/mol. The lowest BCUT2D eigenvalue weighted by molar-refractivity contribution is 0.0526. The molecule has 2 N–H and O–H groups in total. The lowest BCUT2D eigenvalue weighted by Crippen LogP contribution is -2.05. The number of nitrogens with two attached hydrogens (primary N) is 1. The van der Waals surface area contributed by atoms with E-state index in [1.54, 1.807) is 31.3 Å². The third-order valence-electron chi connectivity index (χ3n) is 2.49. The number of esters is 1. The second kappa shape index (κ2) is 6.38. The van der Waals surface area contributed by atoms with Crippen molar-refractivity contribution >= 4 is 23.4 Å². The summed E-state index contributed by atoms with van der Waals surface area (Å²) in [6, 6.07) is 6.90. The lowest BCUT2D eigenvalue weighted by Gasteiger charge is -2.07. The number of anilines is 1. The summed E-state index contributed by atoms with van der Waals surface area (Å²) in [5.74, 6) is -0.373. The van der Waals surface area contributed by atoms with E-state index in [0.717, 1.165) is 10.6 Å². The minimum atomic E-state index is -0.373. The molecule has 0 aliphatic carbocycles. The minimum Gasteiger partial charge on any atom is -0.462 e. The first-order chi connectivity index (χ1) is 9.60. The first-order valence-electron chi connectivity index (χ1n) is 6.14. The molecule has 0 atom stereocenters. The van der Waals surface area contributed by atoms with Crippen molar-refractivity contribution in [2.75, 3.05) is 12.3 Å². The summed E-state index contributed by atoms with van der Waals surface area (Å²) in [6.07, 6.45) is 1.70. The molecule has 0 spiro atoms. The zero-order chi connectivity index (χ0) is 14.5. The number of nitrogens with zero attached hydrogens (tertiary/aromatic N) is 2. The Labute approximate surface area is 121 Å². The molecule has 20 heavy (non-hydrogen) atoms. The highest BCUT2D eigenvalue weighted by Crippen LogP contribution is 2.30. The Bertz CT molecular complexity index is 632. The Morgan fingerprint density at radius 2 is 2.20 bits per heavy atom. The van der Waals surface area contributed by atoms with E-state index in [1.165, 1.54) is 11.8 Å². The van der Waals surface area contributed by atoms with Crippen LogP contribution in [0.1, 0.15) is 23.0 Å². The second-order valence-corrected chi connectivity index (χ2v) is 5.06. The van der Waals surface area contributed by atoms with E-state index in [2.05, 4.69) is 9.97 Å². The Kier molecular flexibility index (Phi) is 4.57. The minimum absolute atomic E-state index is 0.340. The fourth-order valence-electron chi connectivity index (χ4n) is 1.56. The van der Waals surface area contributed by atoms with Crippen LogP contribution in [0.25, 0.3) is 0 Å². The van der Waals surface area contributed by atoms with Crippen LogP contribution in [-0.2, 0) is 4.74 Å². The van der Waals surface area contributed by atoms with Crippen LogP contribution in [0.15, 0.2) is 40.5 Å². The van der Waals surface area contributed by atoms with Gasteiger partial charge in [0, 0.05) is 22.5 Å². The smallest absolute Gasteiger partial charge is 0.338 e. The lowest BCUT2D eigenvalue weighted by atomic mass is 10.2. The van der Waals surface area contributed by atoms with Crippen molar-refractivity contribution in [2.24, 2.45) is 0 Å². The maximum absolute atomic E-state index is 11.6. The molecule has 6 heteroatoms. The van der Waals surface area contributed by atoms with Crippen molar-refractivity contribution in [3.8, 4) is 0 Å². The molecular weight excluding hydrogens is 274 g/mol. The highest BCUT2D eigenvalue weighted by atomic mass is 32.2. The van der Waals surface area contributed by atoms with Crippen molar-refractivity contribution in [1.82, 2.24) is 9.97 Å². The summed E-state index contributed by atoms with van der Waals surface area (Å²) in [7, 11) is 0. The Hall–Kier alpha value is -2.08. The van der Waals surface area contributed by atoms with Gasteiger partial charge in [0.05, 0.1) is 12.2 Å². The molecule has 2 rings (SSSR count). The molecule has 0 aliphatic heterocycles. The first-order valence-corrected chi connectivity index (χ1v) is 6.96. The van der Waals surface area contributed by atoms with Gasteiger partial charge in [0.15, 0.2) is 5.16 Å². The Balaban J connectivity index is 2.20. The number of aryl methyl sites for hydroxylation is 1. The molecular formula is C14H15N3O2S. The Morgan fingerprint density at radius 1 is 1.40 bits per heavy atom. The summed E-state index contributed by atoms with van der Waals surface area (Å²) in [5, 5.41) is 0.626. The van der Waals surface area contributed by atoms with E-state index in [-0.39, 0.29) is 5.97 Å². The molecule has 0 bridgehead atoms. The van der Waals surface area contributed by atoms with E-state index in [4.69, 9.17) is 10.5 Å². The van der Waals surface area contributed by atoms with E-state index < -0.39 is 0 Å². The molecule has 1 aromatic carbocycles. The number of hydrogen-bond acceptors (Lipinski definition) is 6. The maximum Gasteiger partial charge on any atom is 0.338 e. The van der Waals surface area contributed by atoms with E-state index in [9.17, 15) is 4.79 Å². The third-order valence-corrected chi connectivity index (χ3v) is 3.47. The highest BCUT2D eigenvalue weighted by Gasteiger charge is 2.10. The molecule has 0 radical (unpaired) electrons. The number of rotatable bonds is 4. The van der Waals surface area contributed by atoms with E-state index >= 15 is 0 Å². The van der Waals surface area contributed by atoms with Crippen molar-refractivity contribution in [3.05, 3.63) is 41.7 Å². The molecule has 104 valence electrons. The molecule has 0 amide bonds. The zero-order valence-corrected chi connectivity index (χ0v) is 12.1. The second-order valence-electron chi connectivity index (χ2n) is 4.06. The topological polar surface area (TPSA) is 78.1 Å². The number of aromatic nitrogens is 2. The third kappa shape index (κ3) is 3.48. The van der Waals surface area contributed by atoms with Crippen LogP contribution in [-0.4, -0.2) is 22.5 Å². The maximum atomic E-state index is 11.6. The summed E-state index contributed by atoms with van der Waals surface area (Å²) < 4.78 is 4.93. The monoisotopic (exact) mass is 289 g/mol. The van der Waals surface area contributed by atoms with E-state index in [1.807, 2.05) is 13.0 Å². The Morgan fingerprint density at radius 3 is 2.85 bits per heavy atom. The number of carbonyl (C=O) groups is 1. The van der Waals surface area contributed by atoms with Gasteiger partial charge in [-0.25, -0.2) is 14.8 Å². The standard InChI is InChI=1S/C14H15N3O2S/c1-3-19-13(18)10-4-5-12(11(15)8-10)20-14-16-7-6-9(2)17-14/h4-8H,3,15H2,1-2H3. The summed E-state index contributed by atoms with van der Waals surface area (Å²) in [6.45, 7) is 4.01. The van der Waals surface area contributed by atoms with Crippen LogP contribution in [0.5, 0.6) is 0 Å². The molecule has 0 unspecified atom stereocenters. The van der Waals surface area contributed by atoms with Crippen molar-refractivity contribution in [2.45, 2.75) is 23.9 Å². The predicted octanol–water partition coefficient (Wildman–Crippen LogP) is 2.70. The largest absolute Gasteiger partial charge is 0.462 e. The van der Waals surface area contributed by atoms with Crippen molar-refractivity contribution < 1.29 is 9.53 Å². The molecule has 5 nitrogen and oxygen atoms in total. The normalized spacial score (nSPS) is 10.3. The summed E-state index contributed by atoms with van der Waals surface area (Å²) >= 11 is 1.36. The fourth-order valence-corrected chi connectivity index (χ4v) is 2.37. The highest BCUT2D eigenvalue weighted by molar-refractivity contribution is 7.99. The molecule has 2 aromatic rings. The van der Waals surface area contributed by atoms with Crippen LogP contribution < -0.4 is 5.73 Å². The zero-order valence-electron chi connectivity index (χ0n) is 11.3. The predicted molar refractivity (Wildman–Crippen MR) is 77.7 cm³/mol. The van der Waals surface area contributed by atoms with Gasteiger partial charge in [-0.15, -0.1) is 0 Å². The van der Waals surface area contributed by atoms with Gasteiger partial charge >= 0.3 is 5.97 Å². The summed E-state index contributed by atoms with van der Waals surface area (Å²) in [4.78, 5) is 20.9. The molecule has 1 heterocycles. The van der Waals surface area contributed by atoms with Gasteiger partial charge < -0.3 is 10.5 Å². The fraction of sp³-hybridized carbons (Fsp3) is 0.214. The van der Waals surface area contributed by atoms with Crippen LogP contribution in [0.2, 0.25) is 0 Å². The van der Waals surface area contributed by atoms with Gasteiger partial charge in [-0.1, -0.05) is 0 Å². The van der Waals surface area contributed by atoms with Gasteiger partial charge in [-0.05, 0) is 49.9 Å². The van der Waals surface area contributed by atoms with Gasteiger partial charge in [-0.3, -0.25) is 0 Å². The number of carbonyl (C=O) groups excluding carboxylic acids is 1. The van der Waals surface area contributed by atoms with Crippen LogP contribution in [0.3, 0.4) is 0 Å². The molecule has 0 saturated carbocycles. The van der Waals surface area contributed by atoms with Gasteiger partial charge in [0.25, 0.3) is 0 Å². The van der Waals surface area contributed by atoms with Crippen molar-refractivity contribution in [1.29, 1.82) is 0 Å². The first kappa shape index (κ1) is 14.3. The molecule has 1 aromatic heterocycles. The molecule has 0 fully saturated rings. The summed E-state index contributed by atoms with van der Waals surface area (Å²) in [5.41, 5.74) is 7.80. The van der Waals surface area contributed by atoms with Gasteiger partial charge in [0.1, 0.15) is 0 Å². The number of hydrogen-bond donors (Lipinski definition) is 1. The number of ether oxygens (including phenoxy) is 1. The quantitative estimate of drug-likeness (QED) is 0.529. The molecule has 0 aliphatic rings. The number of nitrogen functional groups attached to an aromatic ring is 1. The van der Waals surface area contributed by atoms with Crippen molar-refractivity contribution in [3.63, 3.8) is 0 Å². The van der Waals surface area contributed by atoms with Crippen LogP contribution in [0, 0.1) is 6.92 Å². The number of benzene rings is 1. The van der Waals surface area contributed by atoms with Crippen LogP contribution in [0.4, 0.5) is 5.69 Å². The SMILES string of the molecule is CCOC(=O)c1ccc(Sc2nccc(C)n2)c(N)c1. The van der Waals surface area contributed by atoms with Crippen LogP contribution >= 0.6 is 11.8 Å².